The van der Waals surface area contributed by atoms with Gasteiger partial charge in [-0.05, 0) is 30.7 Å². The van der Waals surface area contributed by atoms with Gasteiger partial charge in [0, 0.05) is 25.9 Å². The first-order chi connectivity index (χ1) is 7.13. The first-order valence-electron chi connectivity index (χ1n) is 4.68. The van der Waals surface area contributed by atoms with Crippen LogP contribution < -0.4 is 0 Å². The molecular formula is C11H13ClN2O. The van der Waals surface area contributed by atoms with Gasteiger partial charge < -0.3 is 4.90 Å². The fourth-order valence-electron chi connectivity index (χ4n) is 0.972. The summed E-state index contributed by atoms with van der Waals surface area (Å²) in [6.45, 7) is 2.62. The third-order valence-corrected chi connectivity index (χ3v) is 2.23. The zero-order chi connectivity index (χ0) is 11.3. The highest BCUT2D eigenvalue weighted by molar-refractivity contribution is 6.29. The van der Waals surface area contributed by atoms with Crippen LogP contribution in [0.2, 0.25) is 5.15 Å². The maximum absolute atomic E-state index is 11.4. The number of carbonyl (C=O) groups is 1. The number of aromatic nitrogens is 1. The summed E-state index contributed by atoms with van der Waals surface area (Å²) in [7, 11) is 1.76. The zero-order valence-electron chi connectivity index (χ0n) is 8.77. The van der Waals surface area contributed by atoms with Crippen molar-refractivity contribution in [1.29, 1.82) is 0 Å². The summed E-state index contributed by atoms with van der Waals surface area (Å²) in [6.07, 6.45) is 4.85. The van der Waals surface area contributed by atoms with Gasteiger partial charge >= 0.3 is 0 Å². The van der Waals surface area contributed by atoms with Crippen LogP contribution in [0.5, 0.6) is 0 Å². The molecule has 0 atom stereocenters. The normalized spacial score (nSPS) is 10.6. The van der Waals surface area contributed by atoms with Crippen molar-refractivity contribution >= 4 is 23.6 Å². The molecule has 1 aromatic heterocycles. The van der Waals surface area contributed by atoms with Crippen LogP contribution in [0.1, 0.15) is 12.5 Å². The summed E-state index contributed by atoms with van der Waals surface area (Å²) in [5, 5.41) is 0.424. The summed E-state index contributed by atoms with van der Waals surface area (Å²) in [4.78, 5) is 16.9. The number of rotatable bonds is 3. The molecule has 0 unspecified atom stereocenters. The molecule has 0 aromatic carbocycles. The van der Waals surface area contributed by atoms with Crippen molar-refractivity contribution < 1.29 is 4.79 Å². The van der Waals surface area contributed by atoms with Crippen molar-refractivity contribution in [3.05, 3.63) is 35.1 Å². The molecule has 1 heterocycles. The van der Waals surface area contributed by atoms with E-state index in [-0.39, 0.29) is 5.91 Å². The van der Waals surface area contributed by atoms with E-state index in [1.807, 2.05) is 6.92 Å². The number of amides is 1. The molecule has 0 saturated carbocycles. The molecule has 4 heteroatoms. The largest absolute Gasteiger partial charge is 0.343 e. The Hall–Kier alpha value is -1.35. The summed E-state index contributed by atoms with van der Waals surface area (Å²) in [6, 6.07) is 3.50. The van der Waals surface area contributed by atoms with Gasteiger partial charge in [0.1, 0.15) is 5.15 Å². The van der Waals surface area contributed by atoms with Crippen molar-refractivity contribution in [2.24, 2.45) is 0 Å². The predicted octanol–water partition coefficient (Wildman–Crippen LogP) is 2.23. The lowest BCUT2D eigenvalue weighted by atomic mass is 10.2. The van der Waals surface area contributed by atoms with Crippen LogP contribution in [0.4, 0.5) is 0 Å². The van der Waals surface area contributed by atoms with Crippen molar-refractivity contribution in [3.63, 3.8) is 0 Å². The van der Waals surface area contributed by atoms with E-state index in [2.05, 4.69) is 4.98 Å². The molecule has 0 N–H and O–H groups in total. The van der Waals surface area contributed by atoms with Gasteiger partial charge in [0.15, 0.2) is 0 Å². The second-order valence-corrected chi connectivity index (χ2v) is 3.48. The van der Waals surface area contributed by atoms with Crippen LogP contribution in [0.3, 0.4) is 0 Å². The number of carbonyl (C=O) groups excluding carboxylic acids is 1. The van der Waals surface area contributed by atoms with Gasteiger partial charge in [-0.2, -0.15) is 0 Å². The standard InChI is InChI=1S/C11H13ClN2O/c1-3-14(2)11(15)5-4-9-6-7-13-10(12)8-9/h4-8H,3H2,1-2H3. The quantitative estimate of drug-likeness (QED) is 0.583. The van der Waals surface area contributed by atoms with Gasteiger partial charge in [0.2, 0.25) is 5.91 Å². The molecule has 0 fully saturated rings. The third-order valence-electron chi connectivity index (χ3n) is 2.02. The lowest BCUT2D eigenvalue weighted by molar-refractivity contribution is -0.124. The minimum atomic E-state index is -0.0227. The van der Waals surface area contributed by atoms with E-state index in [4.69, 9.17) is 11.6 Å². The minimum Gasteiger partial charge on any atom is -0.343 e. The average molecular weight is 225 g/mol. The monoisotopic (exact) mass is 224 g/mol. The maximum Gasteiger partial charge on any atom is 0.246 e. The second kappa shape index (κ2) is 5.51. The molecule has 0 spiro atoms. The Morgan fingerprint density at radius 3 is 3.00 bits per heavy atom. The Bertz CT molecular complexity index is 377. The maximum atomic E-state index is 11.4. The Kier molecular flexibility index (Phi) is 4.31. The fourth-order valence-corrected chi connectivity index (χ4v) is 1.15. The third kappa shape index (κ3) is 3.72. The van der Waals surface area contributed by atoms with E-state index < -0.39 is 0 Å². The van der Waals surface area contributed by atoms with Crippen LogP contribution in [-0.4, -0.2) is 29.4 Å². The molecule has 3 nitrogen and oxygen atoms in total. The number of hydrogen-bond donors (Lipinski definition) is 0. The molecule has 0 aliphatic heterocycles. The van der Waals surface area contributed by atoms with Gasteiger partial charge in [0.05, 0.1) is 0 Å². The molecule has 0 aliphatic rings. The molecule has 0 radical (unpaired) electrons. The SMILES string of the molecule is CCN(C)C(=O)C=Cc1ccnc(Cl)c1. The Morgan fingerprint density at radius 1 is 1.67 bits per heavy atom. The van der Waals surface area contributed by atoms with Crippen molar-refractivity contribution in [2.75, 3.05) is 13.6 Å². The number of pyridine rings is 1. The highest BCUT2D eigenvalue weighted by Crippen LogP contribution is 2.08. The molecule has 15 heavy (non-hydrogen) atoms. The second-order valence-electron chi connectivity index (χ2n) is 3.10. The number of hydrogen-bond acceptors (Lipinski definition) is 2. The molecule has 1 amide bonds. The molecule has 1 rings (SSSR count). The molecule has 80 valence electrons. The van der Waals surface area contributed by atoms with Crippen LogP contribution in [0.15, 0.2) is 24.4 Å². The van der Waals surface area contributed by atoms with E-state index >= 15 is 0 Å². The highest BCUT2D eigenvalue weighted by Gasteiger charge is 2.00. The van der Waals surface area contributed by atoms with E-state index in [0.717, 1.165) is 5.56 Å². The summed E-state index contributed by atoms with van der Waals surface area (Å²) >= 11 is 5.71. The van der Waals surface area contributed by atoms with Crippen LogP contribution in [0.25, 0.3) is 6.08 Å². The topological polar surface area (TPSA) is 33.2 Å². The zero-order valence-corrected chi connectivity index (χ0v) is 9.53. The Morgan fingerprint density at radius 2 is 2.40 bits per heavy atom. The predicted molar refractivity (Wildman–Crippen MR) is 61.6 cm³/mol. The summed E-state index contributed by atoms with van der Waals surface area (Å²) in [5.41, 5.74) is 0.868. The minimum absolute atomic E-state index is 0.0227. The van der Waals surface area contributed by atoms with Gasteiger partial charge in [-0.25, -0.2) is 4.98 Å². The van der Waals surface area contributed by atoms with E-state index in [0.29, 0.717) is 11.7 Å². The number of nitrogens with zero attached hydrogens (tertiary/aromatic N) is 2. The van der Waals surface area contributed by atoms with Gasteiger partial charge in [-0.15, -0.1) is 0 Å². The summed E-state index contributed by atoms with van der Waals surface area (Å²) in [5.74, 6) is -0.0227. The van der Waals surface area contributed by atoms with Crippen molar-refractivity contribution in [3.8, 4) is 0 Å². The molecular weight excluding hydrogens is 212 g/mol. The van der Waals surface area contributed by atoms with Gasteiger partial charge in [-0.3, -0.25) is 4.79 Å². The molecule has 0 aliphatic carbocycles. The number of likely N-dealkylation sites (N-methyl/N-ethyl adjacent to an activating group) is 1. The van der Waals surface area contributed by atoms with Crippen LogP contribution >= 0.6 is 11.6 Å². The average Bonchev–Trinajstić information content (AvgIpc) is 2.25. The lowest BCUT2D eigenvalue weighted by Crippen LogP contribution is -2.23. The smallest absolute Gasteiger partial charge is 0.246 e. The fraction of sp³-hybridized carbons (Fsp3) is 0.273. The first kappa shape index (κ1) is 11.7. The lowest BCUT2D eigenvalue weighted by Gasteiger charge is -2.10. The van der Waals surface area contributed by atoms with E-state index in [1.54, 1.807) is 36.4 Å². The highest BCUT2D eigenvalue weighted by atomic mass is 35.5. The van der Waals surface area contributed by atoms with Gasteiger partial charge in [0.25, 0.3) is 0 Å². The first-order valence-corrected chi connectivity index (χ1v) is 5.06. The van der Waals surface area contributed by atoms with E-state index in [9.17, 15) is 4.79 Å². The van der Waals surface area contributed by atoms with Crippen LogP contribution in [-0.2, 0) is 4.79 Å². The molecule has 1 aromatic rings. The Labute approximate surface area is 94.4 Å². The molecule has 0 saturated heterocycles. The summed E-state index contributed by atoms with van der Waals surface area (Å²) < 4.78 is 0. The number of halogens is 1. The van der Waals surface area contributed by atoms with Crippen LogP contribution in [0, 0.1) is 0 Å². The Balaban J connectivity index is 2.69. The van der Waals surface area contributed by atoms with Crippen molar-refractivity contribution in [1.82, 2.24) is 9.88 Å². The van der Waals surface area contributed by atoms with E-state index in [1.165, 1.54) is 6.08 Å². The molecule has 0 bridgehead atoms. The van der Waals surface area contributed by atoms with Crippen molar-refractivity contribution in [2.45, 2.75) is 6.92 Å². The van der Waals surface area contributed by atoms with Gasteiger partial charge in [-0.1, -0.05) is 11.6 Å².